The third-order valence-electron chi connectivity index (χ3n) is 7.98. The predicted octanol–water partition coefficient (Wildman–Crippen LogP) is 1.12. The monoisotopic (exact) mass is 610 g/mol. The molecule has 2 aromatic carbocycles. The number of hydrogen-bond donors (Lipinski definition) is 3. The van der Waals surface area contributed by atoms with Crippen molar-refractivity contribution in [3.63, 3.8) is 0 Å². The van der Waals surface area contributed by atoms with Crippen LogP contribution in [0.15, 0.2) is 52.3 Å². The molecule has 2 atom stereocenters. The number of nitrogens with one attached hydrogen (secondary N) is 1. The van der Waals surface area contributed by atoms with Crippen LogP contribution in [0.1, 0.15) is 31.2 Å². The highest BCUT2D eigenvalue weighted by Crippen LogP contribution is 2.38. The zero-order valence-corrected chi connectivity index (χ0v) is 24.5. The van der Waals surface area contributed by atoms with Crippen molar-refractivity contribution >= 4 is 19.9 Å². The van der Waals surface area contributed by atoms with Gasteiger partial charge in [-0.1, -0.05) is 12.1 Å². The number of ether oxygens (including phenoxy) is 3. The van der Waals surface area contributed by atoms with Gasteiger partial charge in [-0.05, 0) is 61.9 Å². The number of aliphatic hydroxyl groups excluding tert-OH is 2. The van der Waals surface area contributed by atoms with Gasteiger partial charge in [0.1, 0.15) is 24.2 Å². The van der Waals surface area contributed by atoms with E-state index in [1.807, 2.05) is 6.07 Å². The normalized spacial score (nSPS) is 21.8. The van der Waals surface area contributed by atoms with Crippen molar-refractivity contribution in [2.24, 2.45) is 0 Å². The summed E-state index contributed by atoms with van der Waals surface area (Å²) < 4.78 is 69.9. The van der Waals surface area contributed by atoms with Crippen LogP contribution in [-0.4, -0.2) is 101 Å². The molecule has 1 unspecified atom stereocenters. The quantitative estimate of drug-likeness (QED) is 0.338. The molecule has 2 saturated heterocycles. The average Bonchev–Trinajstić information content (AvgIpc) is 3.37. The summed E-state index contributed by atoms with van der Waals surface area (Å²) in [6.45, 7) is 1.57. The Hall–Kier alpha value is -2.26. The van der Waals surface area contributed by atoms with E-state index >= 15 is 0 Å². The number of rotatable bonds is 11. The molecule has 3 heterocycles. The van der Waals surface area contributed by atoms with Gasteiger partial charge in [-0.25, -0.2) is 16.8 Å². The number of sulfone groups is 1. The predicted molar refractivity (Wildman–Crippen MR) is 150 cm³/mol. The lowest BCUT2D eigenvalue weighted by Gasteiger charge is -2.38. The molecule has 0 saturated carbocycles. The second-order valence-electron chi connectivity index (χ2n) is 10.9. The zero-order chi connectivity index (χ0) is 29.1. The van der Waals surface area contributed by atoms with Crippen LogP contribution in [0.25, 0.3) is 0 Å². The van der Waals surface area contributed by atoms with E-state index in [1.54, 1.807) is 24.3 Å². The van der Waals surface area contributed by atoms with Crippen molar-refractivity contribution in [2.75, 3.05) is 51.8 Å². The lowest BCUT2D eigenvalue weighted by Crippen LogP contribution is -2.47. The standard InChI is InChI=1S/C28H38N2O9S2/c31-12-14-40(33,34)25-5-1-4-24(15-25)38-20-23(32)18-29-22-17-28(39-19-22)8-10-30(11-9-28)41(35,36)26-7-6-21-3-2-13-37-27(21)16-26/h1,4-7,15-16,22-23,29,31-32H,2-3,8-14,17-20H2/t22-,23?/m1/s1. The van der Waals surface area contributed by atoms with Crippen LogP contribution in [0.2, 0.25) is 0 Å². The molecule has 1 spiro atoms. The van der Waals surface area contributed by atoms with Gasteiger partial charge in [-0.15, -0.1) is 0 Å². The number of fused-ring (bicyclic) bond motifs is 1. The van der Waals surface area contributed by atoms with Crippen LogP contribution in [0.4, 0.5) is 0 Å². The molecule has 0 aromatic heterocycles. The second kappa shape index (κ2) is 12.5. The van der Waals surface area contributed by atoms with E-state index in [0.717, 1.165) is 18.4 Å². The van der Waals surface area contributed by atoms with E-state index in [1.165, 1.54) is 16.4 Å². The van der Waals surface area contributed by atoms with Gasteiger partial charge in [0.2, 0.25) is 10.0 Å². The number of aliphatic hydroxyl groups is 2. The fourth-order valence-electron chi connectivity index (χ4n) is 5.64. The summed E-state index contributed by atoms with van der Waals surface area (Å²) >= 11 is 0. The molecule has 13 heteroatoms. The van der Waals surface area contributed by atoms with E-state index in [0.29, 0.717) is 57.1 Å². The smallest absolute Gasteiger partial charge is 0.243 e. The number of hydrogen-bond acceptors (Lipinski definition) is 10. The molecule has 226 valence electrons. The summed E-state index contributed by atoms with van der Waals surface area (Å²) in [7, 11) is -7.23. The maximum atomic E-state index is 13.3. The summed E-state index contributed by atoms with van der Waals surface area (Å²) in [6.07, 6.45) is 2.89. The SMILES string of the molecule is O=S(=O)(CCO)c1cccc(OCC(O)CN[C@H]2COC3(CCN(S(=O)(=O)c4ccc5c(c4)OCCC5)CC3)C2)c1. The molecule has 41 heavy (non-hydrogen) atoms. The Morgan fingerprint density at radius 1 is 1.10 bits per heavy atom. The van der Waals surface area contributed by atoms with Crippen LogP contribution in [0.3, 0.4) is 0 Å². The fourth-order valence-corrected chi connectivity index (χ4v) is 8.15. The Morgan fingerprint density at radius 2 is 1.90 bits per heavy atom. The summed E-state index contributed by atoms with van der Waals surface area (Å²) in [5.74, 6) is 0.605. The summed E-state index contributed by atoms with van der Waals surface area (Å²) in [6, 6.07) is 11.2. The van der Waals surface area contributed by atoms with Gasteiger partial charge in [0, 0.05) is 31.7 Å². The van der Waals surface area contributed by atoms with Gasteiger partial charge in [-0.3, -0.25) is 0 Å². The van der Waals surface area contributed by atoms with Crippen molar-refractivity contribution in [3.8, 4) is 11.5 Å². The number of benzene rings is 2. The Kier molecular flexibility index (Phi) is 9.24. The number of nitrogens with zero attached hydrogens (tertiary/aromatic N) is 1. The molecular weight excluding hydrogens is 572 g/mol. The molecule has 0 radical (unpaired) electrons. The molecule has 0 aliphatic carbocycles. The van der Waals surface area contributed by atoms with Crippen LogP contribution in [-0.2, 0) is 31.0 Å². The minimum Gasteiger partial charge on any atom is -0.493 e. The third-order valence-corrected chi connectivity index (χ3v) is 11.6. The van der Waals surface area contributed by atoms with Crippen LogP contribution < -0.4 is 14.8 Å². The molecule has 3 aliphatic rings. The van der Waals surface area contributed by atoms with Gasteiger partial charge < -0.3 is 29.7 Å². The van der Waals surface area contributed by atoms with Crippen molar-refractivity contribution in [1.29, 1.82) is 0 Å². The molecular formula is C28H38N2O9S2. The number of piperidine rings is 1. The first-order valence-corrected chi connectivity index (χ1v) is 17.1. The van der Waals surface area contributed by atoms with E-state index in [9.17, 15) is 21.9 Å². The third kappa shape index (κ3) is 7.04. The van der Waals surface area contributed by atoms with Gasteiger partial charge in [0.05, 0.1) is 41.0 Å². The van der Waals surface area contributed by atoms with Gasteiger partial charge in [-0.2, -0.15) is 4.31 Å². The lowest BCUT2D eigenvalue weighted by molar-refractivity contribution is -0.0312. The van der Waals surface area contributed by atoms with Gasteiger partial charge in [0.15, 0.2) is 9.84 Å². The van der Waals surface area contributed by atoms with Crippen molar-refractivity contribution < 1.29 is 41.3 Å². The molecule has 5 rings (SSSR count). The topological polar surface area (TPSA) is 152 Å². The Labute approximate surface area is 241 Å². The summed E-state index contributed by atoms with van der Waals surface area (Å²) in [5, 5.41) is 22.7. The molecule has 0 bridgehead atoms. The van der Waals surface area contributed by atoms with Gasteiger partial charge in [0.25, 0.3) is 0 Å². The largest absolute Gasteiger partial charge is 0.493 e. The average molecular weight is 611 g/mol. The maximum absolute atomic E-state index is 13.3. The summed E-state index contributed by atoms with van der Waals surface area (Å²) in [5.41, 5.74) is 0.645. The van der Waals surface area contributed by atoms with E-state index in [2.05, 4.69) is 5.32 Å². The van der Waals surface area contributed by atoms with Crippen molar-refractivity contribution in [2.45, 2.75) is 59.6 Å². The number of sulfonamides is 1. The summed E-state index contributed by atoms with van der Waals surface area (Å²) in [4.78, 5) is 0.316. The lowest BCUT2D eigenvalue weighted by atomic mass is 9.88. The molecule has 3 aliphatic heterocycles. The molecule has 11 nitrogen and oxygen atoms in total. The van der Waals surface area contributed by atoms with E-state index in [-0.39, 0.29) is 34.7 Å². The highest BCUT2D eigenvalue weighted by molar-refractivity contribution is 7.91. The Bertz CT molecular complexity index is 1420. The second-order valence-corrected chi connectivity index (χ2v) is 15.0. The minimum atomic E-state index is -3.63. The van der Waals surface area contributed by atoms with Crippen molar-refractivity contribution in [1.82, 2.24) is 9.62 Å². The fraction of sp³-hybridized carbons (Fsp3) is 0.571. The van der Waals surface area contributed by atoms with Crippen LogP contribution in [0.5, 0.6) is 11.5 Å². The Balaban J connectivity index is 1.08. The van der Waals surface area contributed by atoms with Crippen molar-refractivity contribution in [3.05, 3.63) is 48.0 Å². The van der Waals surface area contributed by atoms with Gasteiger partial charge >= 0.3 is 0 Å². The molecule has 0 amide bonds. The highest BCUT2D eigenvalue weighted by atomic mass is 32.2. The Morgan fingerprint density at radius 3 is 2.68 bits per heavy atom. The first-order valence-electron chi connectivity index (χ1n) is 14.0. The van der Waals surface area contributed by atoms with E-state index < -0.39 is 38.2 Å². The number of aryl methyl sites for hydroxylation is 1. The maximum Gasteiger partial charge on any atom is 0.243 e. The molecule has 3 N–H and O–H groups in total. The highest BCUT2D eigenvalue weighted by Gasteiger charge is 2.44. The molecule has 2 aromatic rings. The van der Waals surface area contributed by atoms with E-state index in [4.69, 9.17) is 19.3 Å². The molecule has 2 fully saturated rings. The first-order chi connectivity index (χ1) is 19.6. The minimum absolute atomic E-state index is 0.0116. The van der Waals surface area contributed by atoms with Crippen LogP contribution in [0, 0.1) is 0 Å². The van der Waals surface area contributed by atoms with Crippen LogP contribution >= 0.6 is 0 Å². The first kappa shape index (κ1) is 30.2. The zero-order valence-electron chi connectivity index (χ0n) is 22.9.